The molecule has 7 heteroatoms. The van der Waals surface area contributed by atoms with Gasteiger partial charge in [-0.05, 0) is 72.9 Å². The highest BCUT2D eigenvalue weighted by Crippen LogP contribution is 2.61. The van der Waals surface area contributed by atoms with Gasteiger partial charge in [-0.1, -0.05) is 54.6 Å². The summed E-state index contributed by atoms with van der Waals surface area (Å²) in [5.41, 5.74) is 3.31. The van der Waals surface area contributed by atoms with Gasteiger partial charge < -0.3 is 10.1 Å². The SMILES string of the molecule is Cc1ccccc1NC(=O)COC(=O)c1cccc(N2C(=O)[C@@H]3[C@@H]4C[C@@H]([C@H]3C2=O)[C@H](c2ccccc2)C4)c1. The highest BCUT2D eigenvalue weighted by atomic mass is 16.5. The Morgan fingerprint density at radius 1 is 0.895 bits per heavy atom. The van der Waals surface area contributed by atoms with Crippen LogP contribution in [0.3, 0.4) is 0 Å². The number of esters is 1. The maximum absolute atomic E-state index is 13.6. The van der Waals surface area contributed by atoms with Crippen molar-refractivity contribution in [2.24, 2.45) is 23.7 Å². The Bertz CT molecular complexity index is 1430. The maximum Gasteiger partial charge on any atom is 0.338 e. The van der Waals surface area contributed by atoms with E-state index in [1.807, 2.05) is 43.3 Å². The third-order valence-corrected chi connectivity index (χ3v) is 8.34. The lowest BCUT2D eigenvalue weighted by Gasteiger charge is -2.28. The van der Waals surface area contributed by atoms with E-state index in [-0.39, 0.29) is 47.0 Å². The van der Waals surface area contributed by atoms with Crippen LogP contribution in [0.4, 0.5) is 11.4 Å². The molecule has 0 unspecified atom stereocenters. The first kappa shape index (κ1) is 24.1. The monoisotopic (exact) mass is 508 g/mol. The number of fused-ring (bicyclic) bond motifs is 5. The molecule has 0 aromatic heterocycles. The number of hydrogen-bond acceptors (Lipinski definition) is 5. The Balaban J connectivity index is 1.15. The highest BCUT2D eigenvalue weighted by Gasteiger charge is 2.64. The van der Waals surface area contributed by atoms with Crippen molar-refractivity contribution in [2.75, 3.05) is 16.8 Å². The number of ether oxygens (including phenoxy) is 1. The van der Waals surface area contributed by atoms with Gasteiger partial charge in [0.2, 0.25) is 11.8 Å². The summed E-state index contributed by atoms with van der Waals surface area (Å²) in [4.78, 5) is 53.3. The largest absolute Gasteiger partial charge is 0.452 e. The van der Waals surface area contributed by atoms with Gasteiger partial charge in [-0.2, -0.15) is 0 Å². The first-order valence-electron chi connectivity index (χ1n) is 13.0. The topological polar surface area (TPSA) is 92.8 Å². The summed E-state index contributed by atoms with van der Waals surface area (Å²) in [5.74, 6) is -1.52. The molecule has 0 radical (unpaired) electrons. The van der Waals surface area contributed by atoms with E-state index in [4.69, 9.17) is 4.74 Å². The predicted molar refractivity (Wildman–Crippen MR) is 141 cm³/mol. The number of aryl methyl sites for hydroxylation is 1. The molecular formula is C31H28N2O5. The average Bonchev–Trinajstić information content (AvgIpc) is 3.60. The summed E-state index contributed by atoms with van der Waals surface area (Å²) in [6.07, 6.45) is 1.82. The summed E-state index contributed by atoms with van der Waals surface area (Å²) in [6.45, 7) is 1.42. The Morgan fingerprint density at radius 2 is 1.63 bits per heavy atom. The number of rotatable bonds is 6. The van der Waals surface area contributed by atoms with E-state index in [0.717, 1.165) is 18.4 Å². The molecule has 5 atom stereocenters. The lowest BCUT2D eigenvalue weighted by Crippen LogP contribution is -2.33. The number of anilines is 2. The van der Waals surface area contributed by atoms with Crippen molar-refractivity contribution < 1.29 is 23.9 Å². The third kappa shape index (κ3) is 4.08. The normalized spacial score (nSPS) is 25.4. The fraction of sp³-hybridized carbons (Fsp3) is 0.290. The number of carbonyl (C=O) groups is 4. The summed E-state index contributed by atoms with van der Waals surface area (Å²) >= 11 is 0. The average molecular weight is 509 g/mol. The molecule has 2 bridgehead atoms. The van der Waals surface area contributed by atoms with Gasteiger partial charge in [-0.15, -0.1) is 0 Å². The number of imide groups is 1. The van der Waals surface area contributed by atoms with E-state index in [9.17, 15) is 19.2 Å². The van der Waals surface area contributed by atoms with Gasteiger partial charge in [0.15, 0.2) is 6.61 Å². The molecule has 3 aliphatic rings. The van der Waals surface area contributed by atoms with Gasteiger partial charge in [0, 0.05) is 5.69 Å². The highest BCUT2D eigenvalue weighted by molar-refractivity contribution is 6.23. The molecule has 1 heterocycles. The minimum atomic E-state index is -0.699. The molecule has 3 aromatic rings. The Hall–Kier alpha value is -4.26. The van der Waals surface area contributed by atoms with Gasteiger partial charge in [0.1, 0.15) is 0 Å². The van der Waals surface area contributed by atoms with E-state index in [1.54, 1.807) is 24.3 Å². The van der Waals surface area contributed by atoms with Crippen LogP contribution in [0.5, 0.6) is 0 Å². The fourth-order valence-electron chi connectivity index (χ4n) is 6.68. The van der Waals surface area contributed by atoms with Gasteiger partial charge in [0.05, 0.1) is 23.1 Å². The van der Waals surface area contributed by atoms with Crippen molar-refractivity contribution in [3.8, 4) is 0 Å². The van der Waals surface area contributed by atoms with Crippen LogP contribution < -0.4 is 10.2 Å². The smallest absolute Gasteiger partial charge is 0.338 e. The van der Waals surface area contributed by atoms with Crippen LogP contribution in [0, 0.1) is 30.6 Å². The zero-order chi connectivity index (χ0) is 26.4. The molecule has 3 amide bonds. The lowest BCUT2D eigenvalue weighted by atomic mass is 9.73. The van der Waals surface area contributed by atoms with Crippen molar-refractivity contribution in [3.05, 3.63) is 95.6 Å². The molecule has 1 aliphatic heterocycles. The van der Waals surface area contributed by atoms with Crippen LogP contribution in [0.25, 0.3) is 0 Å². The van der Waals surface area contributed by atoms with Crippen molar-refractivity contribution in [3.63, 3.8) is 0 Å². The fourth-order valence-corrected chi connectivity index (χ4v) is 6.68. The molecule has 3 fully saturated rings. The summed E-state index contributed by atoms with van der Waals surface area (Å²) < 4.78 is 5.22. The van der Waals surface area contributed by atoms with Crippen LogP contribution in [0.15, 0.2) is 78.9 Å². The molecule has 1 saturated heterocycles. The van der Waals surface area contributed by atoms with Gasteiger partial charge in [0.25, 0.3) is 5.91 Å². The molecule has 6 rings (SSSR count). The van der Waals surface area contributed by atoms with Crippen molar-refractivity contribution in [1.82, 2.24) is 0 Å². The molecule has 2 aliphatic carbocycles. The number of carbonyl (C=O) groups excluding carboxylic acids is 4. The predicted octanol–water partition coefficient (Wildman–Crippen LogP) is 4.72. The Labute approximate surface area is 220 Å². The second kappa shape index (κ2) is 9.56. The van der Waals surface area contributed by atoms with Gasteiger partial charge in [-0.25, -0.2) is 4.79 Å². The molecule has 3 aromatic carbocycles. The second-order valence-electron chi connectivity index (χ2n) is 10.5. The summed E-state index contributed by atoms with van der Waals surface area (Å²) in [5, 5.41) is 2.72. The number of nitrogens with zero attached hydrogens (tertiary/aromatic N) is 1. The number of amides is 3. The molecule has 38 heavy (non-hydrogen) atoms. The summed E-state index contributed by atoms with van der Waals surface area (Å²) in [6, 6.07) is 23.9. The van der Waals surface area contributed by atoms with Crippen LogP contribution in [0.2, 0.25) is 0 Å². The standard InChI is InChI=1S/C31H28N2O5/c1-18-8-5-6-13-25(18)32-26(34)17-38-31(37)20-11-7-12-22(14-20)33-29(35)27-21-15-23(19-9-3-2-4-10-19)24(16-21)28(27)30(33)36/h2-14,21,23-24,27-28H,15-17H2,1H3,(H,32,34)/t21-,23-,24+,27+,28+/m0/s1. The van der Waals surface area contributed by atoms with E-state index < -0.39 is 18.5 Å². The van der Waals surface area contributed by atoms with Crippen LogP contribution in [0.1, 0.15) is 40.2 Å². The Kier molecular flexibility index (Phi) is 6.06. The van der Waals surface area contributed by atoms with Crippen molar-refractivity contribution >= 4 is 35.1 Å². The molecule has 192 valence electrons. The van der Waals surface area contributed by atoms with E-state index in [0.29, 0.717) is 11.4 Å². The molecule has 2 saturated carbocycles. The first-order valence-corrected chi connectivity index (χ1v) is 13.0. The molecule has 0 spiro atoms. The number of benzene rings is 3. The number of nitrogens with one attached hydrogen (secondary N) is 1. The summed E-state index contributed by atoms with van der Waals surface area (Å²) in [7, 11) is 0. The molecular weight excluding hydrogens is 480 g/mol. The maximum atomic E-state index is 13.6. The van der Waals surface area contributed by atoms with E-state index >= 15 is 0 Å². The third-order valence-electron chi connectivity index (χ3n) is 8.34. The quantitative estimate of drug-likeness (QED) is 0.384. The number of hydrogen-bond donors (Lipinski definition) is 1. The zero-order valence-corrected chi connectivity index (χ0v) is 21.0. The van der Waals surface area contributed by atoms with Crippen LogP contribution in [-0.4, -0.2) is 30.3 Å². The first-order chi connectivity index (χ1) is 18.4. The lowest BCUT2D eigenvalue weighted by molar-refractivity contribution is -0.123. The molecule has 7 nitrogen and oxygen atoms in total. The van der Waals surface area contributed by atoms with Gasteiger partial charge in [-0.3, -0.25) is 19.3 Å². The van der Waals surface area contributed by atoms with Gasteiger partial charge >= 0.3 is 5.97 Å². The second-order valence-corrected chi connectivity index (χ2v) is 10.5. The Morgan fingerprint density at radius 3 is 2.42 bits per heavy atom. The zero-order valence-electron chi connectivity index (χ0n) is 21.0. The van der Waals surface area contributed by atoms with Crippen molar-refractivity contribution in [2.45, 2.75) is 25.7 Å². The van der Waals surface area contributed by atoms with E-state index in [2.05, 4.69) is 17.4 Å². The van der Waals surface area contributed by atoms with E-state index in [1.165, 1.54) is 16.5 Å². The van der Waals surface area contributed by atoms with Crippen molar-refractivity contribution in [1.29, 1.82) is 0 Å². The van der Waals surface area contributed by atoms with Crippen LogP contribution >= 0.6 is 0 Å². The number of para-hydroxylation sites is 1. The minimum Gasteiger partial charge on any atom is -0.452 e. The minimum absolute atomic E-state index is 0.147. The van der Waals surface area contributed by atoms with Crippen LogP contribution in [-0.2, 0) is 19.1 Å². The molecule has 1 N–H and O–H groups in total.